The predicted molar refractivity (Wildman–Crippen MR) is 73.1 cm³/mol. The molecule has 0 aromatic heterocycles. The summed E-state index contributed by atoms with van der Waals surface area (Å²) < 4.78 is 32.1. The maximum atomic E-state index is 12.1. The minimum Gasteiger partial charge on any atom is -0.385 e. The molecule has 1 rings (SSSR count). The minimum atomic E-state index is -3.17. The lowest BCUT2D eigenvalue weighted by Crippen LogP contribution is -2.44. The van der Waals surface area contributed by atoms with Crippen LogP contribution in [-0.2, 0) is 14.8 Å². The summed E-state index contributed by atoms with van der Waals surface area (Å²) >= 11 is 0. The molecule has 0 saturated carbocycles. The molecule has 0 bridgehead atoms. The molecule has 6 heteroatoms. The van der Waals surface area contributed by atoms with Gasteiger partial charge in [-0.2, -0.15) is 0 Å². The van der Waals surface area contributed by atoms with Gasteiger partial charge in [0.2, 0.25) is 10.0 Å². The zero-order valence-electron chi connectivity index (χ0n) is 11.7. The Labute approximate surface area is 111 Å². The molecule has 1 saturated heterocycles. The van der Waals surface area contributed by atoms with Crippen LogP contribution in [-0.4, -0.2) is 47.0 Å². The van der Waals surface area contributed by atoms with Gasteiger partial charge >= 0.3 is 0 Å². The first-order valence-corrected chi connectivity index (χ1v) is 8.10. The Morgan fingerprint density at radius 1 is 1.33 bits per heavy atom. The molecular formula is C12H26N2O3S. The second-order valence-corrected chi connectivity index (χ2v) is 7.77. The molecule has 18 heavy (non-hydrogen) atoms. The van der Waals surface area contributed by atoms with Crippen LogP contribution in [0.2, 0.25) is 0 Å². The van der Waals surface area contributed by atoms with Crippen LogP contribution in [0.15, 0.2) is 0 Å². The van der Waals surface area contributed by atoms with Gasteiger partial charge in [0.1, 0.15) is 0 Å². The molecule has 0 spiro atoms. The fourth-order valence-corrected chi connectivity index (χ4v) is 3.67. The summed E-state index contributed by atoms with van der Waals surface area (Å²) in [5.74, 6) is 0. The number of hydrogen-bond acceptors (Lipinski definition) is 4. The smallest absolute Gasteiger partial charge is 0.214 e. The average molecular weight is 278 g/mol. The summed E-state index contributed by atoms with van der Waals surface area (Å²) in [6.45, 7) is 6.82. The first-order valence-electron chi connectivity index (χ1n) is 6.55. The third-order valence-electron chi connectivity index (χ3n) is 3.46. The van der Waals surface area contributed by atoms with E-state index in [2.05, 4.69) is 23.9 Å². The van der Waals surface area contributed by atoms with E-state index >= 15 is 0 Å². The molecule has 0 unspecified atom stereocenters. The lowest BCUT2D eigenvalue weighted by molar-refractivity contribution is 0.153. The van der Waals surface area contributed by atoms with Crippen molar-refractivity contribution in [2.24, 2.45) is 5.41 Å². The van der Waals surface area contributed by atoms with Crippen molar-refractivity contribution in [2.45, 2.75) is 38.4 Å². The number of methoxy groups -OCH3 is 1. The monoisotopic (exact) mass is 278 g/mol. The van der Waals surface area contributed by atoms with Gasteiger partial charge in [-0.25, -0.2) is 13.1 Å². The molecule has 1 fully saturated rings. The van der Waals surface area contributed by atoms with E-state index in [1.807, 2.05) is 0 Å². The molecule has 0 aromatic rings. The molecule has 0 aliphatic carbocycles. The standard InChI is InChI=1S/C12H26N2O3S/c1-12(2,6-9-17-3)10-14-18(15,16)11-4-7-13-8-5-11/h11,13-14H,4-10H2,1-3H3. The Morgan fingerprint density at radius 2 is 1.94 bits per heavy atom. The van der Waals surface area contributed by atoms with Crippen molar-refractivity contribution in [3.05, 3.63) is 0 Å². The Kier molecular flexibility index (Phi) is 6.04. The Bertz CT molecular complexity index is 335. The third-order valence-corrected chi connectivity index (χ3v) is 5.36. The van der Waals surface area contributed by atoms with Crippen molar-refractivity contribution in [3.63, 3.8) is 0 Å². The summed E-state index contributed by atoms with van der Waals surface area (Å²) in [5, 5.41) is 2.94. The van der Waals surface area contributed by atoms with Gasteiger partial charge in [-0.3, -0.25) is 0 Å². The van der Waals surface area contributed by atoms with Gasteiger partial charge in [0, 0.05) is 20.3 Å². The van der Waals surface area contributed by atoms with E-state index in [-0.39, 0.29) is 10.7 Å². The topological polar surface area (TPSA) is 67.4 Å². The molecule has 0 aromatic carbocycles. The summed E-state index contributed by atoms with van der Waals surface area (Å²) in [4.78, 5) is 0. The lowest BCUT2D eigenvalue weighted by atomic mass is 9.90. The largest absolute Gasteiger partial charge is 0.385 e. The number of nitrogens with one attached hydrogen (secondary N) is 2. The average Bonchev–Trinajstić information content (AvgIpc) is 2.36. The van der Waals surface area contributed by atoms with Crippen LogP contribution in [0.3, 0.4) is 0 Å². The first kappa shape index (κ1) is 15.9. The number of piperidine rings is 1. The molecule has 5 nitrogen and oxygen atoms in total. The van der Waals surface area contributed by atoms with Crippen molar-refractivity contribution in [1.29, 1.82) is 0 Å². The van der Waals surface area contributed by atoms with Crippen LogP contribution >= 0.6 is 0 Å². The number of hydrogen-bond donors (Lipinski definition) is 2. The van der Waals surface area contributed by atoms with Gasteiger partial charge in [-0.15, -0.1) is 0 Å². The maximum Gasteiger partial charge on any atom is 0.214 e. The highest BCUT2D eigenvalue weighted by atomic mass is 32.2. The van der Waals surface area contributed by atoms with Crippen LogP contribution in [0.25, 0.3) is 0 Å². The van der Waals surface area contributed by atoms with Crippen molar-refractivity contribution in [2.75, 3.05) is 33.4 Å². The van der Waals surface area contributed by atoms with E-state index in [1.54, 1.807) is 7.11 Å². The van der Waals surface area contributed by atoms with Crippen LogP contribution in [0.4, 0.5) is 0 Å². The van der Waals surface area contributed by atoms with Gasteiger partial charge in [0.25, 0.3) is 0 Å². The quantitative estimate of drug-likeness (QED) is 0.720. The van der Waals surface area contributed by atoms with Crippen LogP contribution in [0, 0.1) is 5.41 Å². The Morgan fingerprint density at radius 3 is 2.50 bits per heavy atom. The summed E-state index contributed by atoms with van der Waals surface area (Å²) in [7, 11) is -1.51. The van der Waals surface area contributed by atoms with Crippen molar-refractivity contribution < 1.29 is 13.2 Å². The highest BCUT2D eigenvalue weighted by molar-refractivity contribution is 7.90. The molecule has 2 N–H and O–H groups in total. The van der Waals surface area contributed by atoms with Gasteiger partial charge in [-0.05, 0) is 37.8 Å². The van der Waals surface area contributed by atoms with Crippen LogP contribution in [0.5, 0.6) is 0 Å². The Balaban J connectivity index is 2.45. The molecule has 0 amide bonds. The zero-order chi connectivity index (χ0) is 13.6. The van der Waals surface area contributed by atoms with Crippen LogP contribution in [0.1, 0.15) is 33.1 Å². The van der Waals surface area contributed by atoms with E-state index < -0.39 is 10.0 Å². The summed E-state index contributed by atoms with van der Waals surface area (Å²) in [6, 6.07) is 0. The van der Waals surface area contributed by atoms with E-state index in [9.17, 15) is 8.42 Å². The normalized spacial score (nSPS) is 19.1. The van der Waals surface area contributed by atoms with Gasteiger partial charge in [0.05, 0.1) is 5.25 Å². The maximum absolute atomic E-state index is 12.1. The van der Waals surface area contributed by atoms with Gasteiger partial charge in [-0.1, -0.05) is 13.8 Å². The van der Waals surface area contributed by atoms with Gasteiger partial charge in [0.15, 0.2) is 0 Å². The molecule has 1 aliphatic rings. The number of rotatable bonds is 7. The Hall–Kier alpha value is -0.170. The minimum absolute atomic E-state index is 0.0734. The van der Waals surface area contributed by atoms with Crippen molar-refractivity contribution in [3.8, 4) is 0 Å². The molecule has 108 valence electrons. The predicted octanol–water partition coefficient (Wildman–Crippen LogP) is 0.721. The van der Waals surface area contributed by atoms with E-state index in [1.165, 1.54) is 0 Å². The first-order chi connectivity index (χ1) is 8.37. The fraction of sp³-hybridized carbons (Fsp3) is 1.00. The number of ether oxygens (including phenoxy) is 1. The molecule has 0 radical (unpaired) electrons. The van der Waals surface area contributed by atoms with Crippen LogP contribution < -0.4 is 10.0 Å². The molecule has 1 aliphatic heterocycles. The second kappa shape index (κ2) is 6.84. The SMILES string of the molecule is COCCC(C)(C)CNS(=O)(=O)C1CCNCC1. The second-order valence-electron chi connectivity index (χ2n) is 5.72. The third kappa shape index (κ3) is 5.22. The van der Waals surface area contributed by atoms with E-state index in [4.69, 9.17) is 4.74 Å². The summed E-state index contributed by atoms with van der Waals surface area (Å²) in [6.07, 6.45) is 2.25. The van der Waals surface area contributed by atoms with E-state index in [0.29, 0.717) is 26.0 Å². The number of sulfonamides is 1. The van der Waals surface area contributed by atoms with Crippen molar-refractivity contribution >= 4 is 10.0 Å². The van der Waals surface area contributed by atoms with E-state index in [0.717, 1.165) is 19.5 Å². The van der Waals surface area contributed by atoms with Crippen molar-refractivity contribution in [1.82, 2.24) is 10.0 Å². The summed E-state index contributed by atoms with van der Waals surface area (Å²) in [5.41, 5.74) is -0.0734. The molecular weight excluding hydrogens is 252 g/mol. The zero-order valence-corrected chi connectivity index (χ0v) is 12.5. The lowest BCUT2D eigenvalue weighted by Gasteiger charge is -2.28. The molecule has 0 atom stereocenters. The fourth-order valence-electron chi connectivity index (χ4n) is 1.99. The molecule has 1 heterocycles. The highest BCUT2D eigenvalue weighted by Gasteiger charge is 2.29. The van der Waals surface area contributed by atoms with Gasteiger partial charge < -0.3 is 10.1 Å². The highest BCUT2D eigenvalue weighted by Crippen LogP contribution is 2.20.